The summed E-state index contributed by atoms with van der Waals surface area (Å²) in [6.45, 7) is 6.47. The number of rotatable bonds is 7. The van der Waals surface area contributed by atoms with Crippen molar-refractivity contribution in [3.05, 3.63) is 0 Å². The molecule has 0 bridgehead atoms. The molecule has 0 saturated carbocycles. The summed E-state index contributed by atoms with van der Waals surface area (Å²) in [7, 11) is 1.59. The van der Waals surface area contributed by atoms with Gasteiger partial charge in [-0.2, -0.15) is 0 Å². The van der Waals surface area contributed by atoms with Gasteiger partial charge in [0.1, 0.15) is 0 Å². The van der Waals surface area contributed by atoms with E-state index >= 15 is 0 Å². The van der Waals surface area contributed by atoms with Crippen molar-refractivity contribution in [3.63, 3.8) is 0 Å². The van der Waals surface area contributed by atoms with E-state index in [9.17, 15) is 9.59 Å². The number of nitrogens with one attached hydrogen (secondary N) is 2. The van der Waals surface area contributed by atoms with Crippen molar-refractivity contribution in [2.45, 2.75) is 33.6 Å². The van der Waals surface area contributed by atoms with Crippen molar-refractivity contribution in [1.29, 1.82) is 0 Å². The molecule has 100 valence electrons. The lowest BCUT2D eigenvalue weighted by atomic mass is 9.92. The molecule has 0 aromatic heterocycles. The van der Waals surface area contributed by atoms with Gasteiger partial charge in [-0.1, -0.05) is 13.3 Å². The molecule has 0 fully saturated rings. The van der Waals surface area contributed by atoms with Crippen LogP contribution >= 0.6 is 0 Å². The van der Waals surface area contributed by atoms with Gasteiger partial charge < -0.3 is 16.4 Å². The van der Waals surface area contributed by atoms with Crippen molar-refractivity contribution in [3.8, 4) is 0 Å². The number of hydrogen-bond acceptors (Lipinski definition) is 3. The van der Waals surface area contributed by atoms with Gasteiger partial charge in [0.25, 0.3) is 0 Å². The van der Waals surface area contributed by atoms with Crippen LogP contribution in [0.5, 0.6) is 0 Å². The molecule has 0 spiro atoms. The number of nitrogens with two attached hydrogens (primary N) is 1. The quantitative estimate of drug-likeness (QED) is 0.599. The van der Waals surface area contributed by atoms with E-state index in [1.807, 2.05) is 6.92 Å². The minimum atomic E-state index is -0.588. The molecule has 0 aromatic rings. The van der Waals surface area contributed by atoms with Crippen LogP contribution in [0.15, 0.2) is 0 Å². The zero-order valence-electron chi connectivity index (χ0n) is 11.3. The minimum absolute atomic E-state index is 0.0423. The lowest BCUT2D eigenvalue weighted by molar-refractivity contribution is -0.129. The second kappa shape index (κ2) is 7.27. The van der Waals surface area contributed by atoms with Gasteiger partial charge in [-0.15, -0.1) is 0 Å². The molecule has 0 aliphatic rings. The van der Waals surface area contributed by atoms with E-state index in [2.05, 4.69) is 10.6 Å². The summed E-state index contributed by atoms with van der Waals surface area (Å²) in [6, 6.07) is 0. The first-order valence-electron chi connectivity index (χ1n) is 6.06. The molecule has 5 heteroatoms. The molecule has 0 aliphatic heterocycles. The highest BCUT2D eigenvalue weighted by Crippen LogP contribution is 2.13. The Morgan fingerprint density at radius 3 is 2.35 bits per heavy atom. The number of hydrogen-bond donors (Lipinski definition) is 3. The Morgan fingerprint density at radius 1 is 1.35 bits per heavy atom. The minimum Gasteiger partial charge on any atom is -0.359 e. The van der Waals surface area contributed by atoms with Gasteiger partial charge in [-0.05, 0) is 26.3 Å². The van der Waals surface area contributed by atoms with E-state index in [0.29, 0.717) is 19.5 Å². The van der Waals surface area contributed by atoms with Gasteiger partial charge in [-0.25, -0.2) is 0 Å². The summed E-state index contributed by atoms with van der Waals surface area (Å²) >= 11 is 0. The number of carbonyl (C=O) groups excluding carboxylic acids is 2. The largest absolute Gasteiger partial charge is 0.359 e. The highest BCUT2D eigenvalue weighted by molar-refractivity contribution is 5.83. The molecular weight excluding hydrogens is 218 g/mol. The molecule has 0 aromatic carbocycles. The smallest absolute Gasteiger partial charge is 0.227 e. The molecular formula is C12H25N3O2. The lowest BCUT2D eigenvalue weighted by Gasteiger charge is -2.23. The Morgan fingerprint density at radius 2 is 1.94 bits per heavy atom. The molecule has 5 nitrogen and oxygen atoms in total. The maximum absolute atomic E-state index is 11.6. The second-order valence-electron chi connectivity index (χ2n) is 4.95. The van der Waals surface area contributed by atoms with Gasteiger partial charge in [0.15, 0.2) is 0 Å². The zero-order chi connectivity index (χ0) is 13.5. The van der Waals surface area contributed by atoms with Crippen LogP contribution in [0.3, 0.4) is 0 Å². The summed E-state index contributed by atoms with van der Waals surface area (Å²) in [5.74, 6) is 0.0982. The van der Waals surface area contributed by atoms with E-state index in [0.717, 1.165) is 6.42 Å². The maximum atomic E-state index is 11.6. The summed E-state index contributed by atoms with van der Waals surface area (Å²) in [4.78, 5) is 23.1. The van der Waals surface area contributed by atoms with Crippen LogP contribution in [-0.4, -0.2) is 32.0 Å². The van der Waals surface area contributed by atoms with Gasteiger partial charge in [0, 0.05) is 20.0 Å². The van der Waals surface area contributed by atoms with Crippen LogP contribution in [0.4, 0.5) is 0 Å². The molecule has 2 amide bonds. The second-order valence-corrected chi connectivity index (χ2v) is 4.95. The fourth-order valence-corrected chi connectivity index (χ4v) is 1.47. The summed E-state index contributed by atoms with van der Waals surface area (Å²) in [5.41, 5.74) is 4.95. The van der Waals surface area contributed by atoms with Gasteiger partial charge in [0.05, 0.1) is 5.41 Å². The normalized spacial score (nSPS) is 13.0. The van der Waals surface area contributed by atoms with Crippen LogP contribution < -0.4 is 16.4 Å². The molecule has 0 saturated heterocycles. The molecule has 0 aliphatic carbocycles. The highest BCUT2D eigenvalue weighted by atomic mass is 16.2. The Kier molecular flexibility index (Phi) is 6.80. The first-order valence-corrected chi connectivity index (χ1v) is 6.06. The molecule has 4 N–H and O–H groups in total. The maximum Gasteiger partial charge on any atom is 0.227 e. The van der Waals surface area contributed by atoms with Crippen LogP contribution in [0.1, 0.15) is 33.6 Å². The first-order chi connectivity index (χ1) is 7.87. The SMILES string of the molecule is CCC(CN)CC(=O)NCC(C)(C)C(=O)NC. The van der Waals surface area contributed by atoms with Gasteiger partial charge >= 0.3 is 0 Å². The van der Waals surface area contributed by atoms with E-state index in [1.165, 1.54) is 0 Å². The predicted molar refractivity (Wildman–Crippen MR) is 68.3 cm³/mol. The summed E-state index contributed by atoms with van der Waals surface area (Å²) in [5, 5.41) is 5.36. The van der Waals surface area contributed by atoms with Gasteiger partial charge in [-0.3, -0.25) is 9.59 Å². The fourth-order valence-electron chi connectivity index (χ4n) is 1.47. The molecule has 0 radical (unpaired) electrons. The van der Waals surface area contributed by atoms with Gasteiger partial charge in [0.2, 0.25) is 11.8 Å². The summed E-state index contributed by atoms with van der Waals surface area (Å²) < 4.78 is 0. The average Bonchev–Trinajstić information content (AvgIpc) is 2.32. The third-order valence-corrected chi connectivity index (χ3v) is 2.95. The lowest BCUT2D eigenvalue weighted by Crippen LogP contribution is -2.44. The van der Waals surface area contributed by atoms with E-state index in [4.69, 9.17) is 5.73 Å². The average molecular weight is 243 g/mol. The Balaban J connectivity index is 4.11. The molecule has 1 unspecified atom stereocenters. The van der Waals surface area contributed by atoms with Crippen LogP contribution in [0.2, 0.25) is 0 Å². The van der Waals surface area contributed by atoms with Crippen molar-refractivity contribution in [2.75, 3.05) is 20.1 Å². The van der Waals surface area contributed by atoms with Crippen LogP contribution in [-0.2, 0) is 9.59 Å². The van der Waals surface area contributed by atoms with Crippen molar-refractivity contribution in [2.24, 2.45) is 17.1 Å². The summed E-state index contributed by atoms with van der Waals surface area (Å²) in [6.07, 6.45) is 1.32. The van der Waals surface area contributed by atoms with E-state index in [-0.39, 0.29) is 17.7 Å². The predicted octanol–water partition coefficient (Wildman–Crippen LogP) is 0.250. The number of carbonyl (C=O) groups is 2. The highest BCUT2D eigenvalue weighted by Gasteiger charge is 2.27. The Hall–Kier alpha value is -1.10. The molecule has 0 rings (SSSR count). The van der Waals surface area contributed by atoms with Crippen molar-refractivity contribution < 1.29 is 9.59 Å². The molecule has 0 heterocycles. The number of amides is 2. The van der Waals surface area contributed by atoms with E-state index in [1.54, 1.807) is 20.9 Å². The zero-order valence-corrected chi connectivity index (χ0v) is 11.3. The van der Waals surface area contributed by atoms with Crippen LogP contribution in [0, 0.1) is 11.3 Å². The van der Waals surface area contributed by atoms with Crippen molar-refractivity contribution >= 4 is 11.8 Å². The standard InChI is InChI=1S/C12H25N3O2/c1-5-9(7-13)6-10(16)15-8-12(2,3)11(17)14-4/h9H,5-8,13H2,1-4H3,(H,14,17)(H,15,16). The fraction of sp³-hybridized carbons (Fsp3) is 0.833. The third-order valence-electron chi connectivity index (χ3n) is 2.95. The van der Waals surface area contributed by atoms with E-state index < -0.39 is 5.41 Å². The Labute approximate surface area is 104 Å². The topological polar surface area (TPSA) is 84.2 Å². The Bertz CT molecular complexity index is 260. The third kappa shape index (κ3) is 5.68. The molecule has 1 atom stereocenters. The monoisotopic (exact) mass is 243 g/mol. The molecule has 17 heavy (non-hydrogen) atoms. The van der Waals surface area contributed by atoms with Crippen molar-refractivity contribution in [1.82, 2.24) is 10.6 Å². The first kappa shape index (κ1) is 15.9. The van der Waals surface area contributed by atoms with Crippen LogP contribution in [0.25, 0.3) is 0 Å².